The number of ether oxygens (including phenoxy) is 1. The highest BCUT2D eigenvalue weighted by molar-refractivity contribution is 9.10. The number of carbonyl (C=O) groups is 1. The highest BCUT2D eigenvalue weighted by atomic mass is 79.9. The van der Waals surface area contributed by atoms with E-state index in [-0.39, 0.29) is 5.75 Å². The van der Waals surface area contributed by atoms with Crippen molar-refractivity contribution in [3.05, 3.63) is 52.5 Å². The number of carbonyl (C=O) groups excluding carboxylic acids is 1. The molecule has 21 heavy (non-hydrogen) atoms. The van der Waals surface area contributed by atoms with Crippen molar-refractivity contribution < 1.29 is 22.7 Å². The molecule has 1 amide bonds. The third kappa shape index (κ3) is 3.98. The van der Waals surface area contributed by atoms with E-state index < -0.39 is 12.3 Å². The minimum Gasteiger partial charge on any atom is -0.406 e. The number of hydrogen-bond donors (Lipinski definition) is 1. The van der Waals surface area contributed by atoms with E-state index in [9.17, 15) is 18.0 Å². The number of rotatable bonds is 3. The Labute approximate surface area is 126 Å². The minimum atomic E-state index is -4.71. The molecule has 0 aliphatic carbocycles. The van der Waals surface area contributed by atoms with Gasteiger partial charge in [0.15, 0.2) is 0 Å². The highest BCUT2D eigenvalue weighted by Gasteiger charge is 2.30. The second-order valence-corrected chi connectivity index (χ2v) is 4.99. The van der Waals surface area contributed by atoms with Gasteiger partial charge in [0.05, 0.1) is 5.56 Å². The van der Waals surface area contributed by atoms with Gasteiger partial charge in [-0.3, -0.25) is 4.79 Å². The number of hydrogen-bond acceptors (Lipinski definition) is 2. The second-order valence-electron chi connectivity index (χ2n) is 4.13. The lowest BCUT2D eigenvalue weighted by atomic mass is 10.0. The molecule has 0 aromatic heterocycles. The average Bonchev–Trinajstić information content (AvgIpc) is 2.37. The summed E-state index contributed by atoms with van der Waals surface area (Å²) in [5.41, 5.74) is 6.93. The largest absolute Gasteiger partial charge is 0.573 e. The van der Waals surface area contributed by atoms with Crippen molar-refractivity contribution in [1.29, 1.82) is 0 Å². The molecule has 2 rings (SSSR count). The Morgan fingerprint density at radius 3 is 2.10 bits per heavy atom. The van der Waals surface area contributed by atoms with E-state index in [1.165, 1.54) is 24.3 Å². The first kappa shape index (κ1) is 15.4. The SMILES string of the molecule is NC(=O)c1ccc(-c2ccc(OC(F)(F)F)cc2)cc1Br. The van der Waals surface area contributed by atoms with Crippen molar-refractivity contribution >= 4 is 21.8 Å². The molecule has 2 aromatic rings. The van der Waals surface area contributed by atoms with E-state index in [0.717, 1.165) is 5.56 Å². The van der Waals surface area contributed by atoms with Crippen LogP contribution < -0.4 is 10.5 Å². The van der Waals surface area contributed by atoms with Crippen LogP contribution in [0.4, 0.5) is 13.2 Å². The van der Waals surface area contributed by atoms with Gasteiger partial charge >= 0.3 is 6.36 Å². The topological polar surface area (TPSA) is 52.3 Å². The van der Waals surface area contributed by atoms with Crippen LogP contribution in [-0.2, 0) is 0 Å². The van der Waals surface area contributed by atoms with Gasteiger partial charge in [-0.2, -0.15) is 0 Å². The van der Waals surface area contributed by atoms with Gasteiger partial charge in [-0.05, 0) is 51.3 Å². The second kappa shape index (κ2) is 5.77. The number of amides is 1. The fourth-order valence-corrected chi connectivity index (χ4v) is 2.32. The number of alkyl halides is 3. The third-order valence-corrected chi connectivity index (χ3v) is 3.31. The summed E-state index contributed by atoms with van der Waals surface area (Å²) in [5.74, 6) is -0.860. The van der Waals surface area contributed by atoms with Gasteiger partial charge < -0.3 is 10.5 Å². The Kier molecular flexibility index (Phi) is 4.22. The van der Waals surface area contributed by atoms with E-state index in [1.807, 2.05) is 0 Å². The van der Waals surface area contributed by atoms with Crippen LogP contribution in [0.5, 0.6) is 5.75 Å². The van der Waals surface area contributed by atoms with E-state index in [0.29, 0.717) is 15.6 Å². The predicted octanol–water partition coefficient (Wildman–Crippen LogP) is 4.11. The molecule has 0 bridgehead atoms. The van der Waals surface area contributed by atoms with Crippen LogP contribution in [0.1, 0.15) is 10.4 Å². The van der Waals surface area contributed by atoms with Gasteiger partial charge in [0.1, 0.15) is 5.75 Å². The maximum absolute atomic E-state index is 12.1. The predicted molar refractivity (Wildman–Crippen MR) is 74.8 cm³/mol. The van der Waals surface area contributed by atoms with Crippen LogP contribution in [0.25, 0.3) is 11.1 Å². The number of primary amides is 1. The van der Waals surface area contributed by atoms with Gasteiger partial charge in [0, 0.05) is 4.47 Å². The van der Waals surface area contributed by atoms with Crippen LogP contribution >= 0.6 is 15.9 Å². The molecule has 7 heteroatoms. The lowest BCUT2D eigenvalue weighted by Gasteiger charge is -2.10. The smallest absolute Gasteiger partial charge is 0.406 e. The van der Waals surface area contributed by atoms with Gasteiger partial charge in [-0.15, -0.1) is 13.2 Å². The van der Waals surface area contributed by atoms with E-state index in [2.05, 4.69) is 20.7 Å². The molecule has 0 fully saturated rings. The fraction of sp³-hybridized carbons (Fsp3) is 0.0714. The number of nitrogens with two attached hydrogens (primary N) is 1. The van der Waals surface area contributed by atoms with Gasteiger partial charge in [-0.1, -0.05) is 18.2 Å². The van der Waals surface area contributed by atoms with Crippen LogP contribution in [-0.4, -0.2) is 12.3 Å². The van der Waals surface area contributed by atoms with Crippen molar-refractivity contribution in [2.24, 2.45) is 5.73 Å². The van der Waals surface area contributed by atoms with Crippen LogP contribution in [0, 0.1) is 0 Å². The zero-order valence-electron chi connectivity index (χ0n) is 10.4. The molecule has 2 N–H and O–H groups in total. The highest BCUT2D eigenvalue weighted by Crippen LogP contribution is 2.29. The number of halogens is 4. The van der Waals surface area contributed by atoms with Crippen molar-refractivity contribution in [3.63, 3.8) is 0 Å². The lowest BCUT2D eigenvalue weighted by Crippen LogP contribution is -2.16. The van der Waals surface area contributed by atoms with E-state index in [4.69, 9.17) is 5.73 Å². The minimum absolute atomic E-state index is 0.293. The molecule has 0 heterocycles. The van der Waals surface area contributed by atoms with Crippen molar-refractivity contribution in [2.75, 3.05) is 0 Å². The molecular weight excluding hydrogens is 351 g/mol. The van der Waals surface area contributed by atoms with E-state index >= 15 is 0 Å². The maximum atomic E-state index is 12.1. The Hall–Kier alpha value is -2.02. The number of benzene rings is 2. The van der Waals surface area contributed by atoms with Gasteiger partial charge in [-0.25, -0.2) is 0 Å². The van der Waals surface area contributed by atoms with Crippen molar-refractivity contribution in [1.82, 2.24) is 0 Å². The molecule has 0 atom stereocenters. The molecule has 110 valence electrons. The zero-order valence-corrected chi connectivity index (χ0v) is 12.0. The molecule has 2 aromatic carbocycles. The Morgan fingerprint density at radius 2 is 1.62 bits per heavy atom. The van der Waals surface area contributed by atoms with Gasteiger partial charge in [0.25, 0.3) is 0 Å². The molecule has 0 spiro atoms. The van der Waals surface area contributed by atoms with Gasteiger partial charge in [0.2, 0.25) is 5.91 Å². The summed E-state index contributed by atoms with van der Waals surface area (Å²) in [7, 11) is 0. The first-order chi connectivity index (χ1) is 9.76. The molecule has 0 saturated heterocycles. The summed E-state index contributed by atoms with van der Waals surface area (Å²) in [6, 6.07) is 10.3. The summed E-state index contributed by atoms with van der Waals surface area (Å²) in [6.07, 6.45) is -4.71. The molecule has 0 aliphatic rings. The Morgan fingerprint density at radius 1 is 1.05 bits per heavy atom. The Balaban J connectivity index is 2.27. The fourth-order valence-electron chi connectivity index (χ4n) is 1.74. The monoisotopic (exact) mass is 359 g/mol. The average molecular weight is 360 g/mol. The third-order valence-electron chi connectivity index (χ3n) is 2.66. The molecule has 0 unspecified atom stereocenters. The van der Waals surface area contributed by atoms with Crippen LogP contribution in [0.2, 0.25) is 0 Å². The van der Waals surface area contributed by atoms with E-state index in [1.54, 1.807) is 18.2 Å². The summed E-state index contributed by atoms with van der Waals surface area (Å²) in [4.78, 5) is 11.1. The lowest BCUT2D eigenvalue weighted by molar-refractivity contribution is -0.274. The first-order valence-electron chi connectivity index (χ1n) is 5.72. The quantitative estimate of drug-likeness (QED) is 0.896. The molecule has 0 radical (unpaired) electrons. The normalized spacial score (nSPS) is 11.2. The summed E-state index contributed by atoms with van der Waals surface area (Å²) >= 11 is 3.22. The van der Waals surface area contributed by atoms with Crippen molar-refractivity contribution in [3.8, 4) is 16.9 Å². The summed E-state index contributed by atoms with van der Waals surface area (Å²) in [5, 5.41) is 0. The molecule has 3 nitrogen and oxygen atoms in total. The van der Waals surface area contributed by atoms with Crippen LogP contribution in [0.3, 0.4) is 0 Å². The maximum Gasteiger partial charge on any atom is 0.573 e. The summed E-state index contributed by atoms with van der Waals surface area (Å²) < 4.78 is 40.5. The molecule has 0 aliphatic heterocycles. The molecule has 0 saturated carbocycles. The zero-order chi connectivity index (χ0) is 15.6. The van der Waals surface area contributed by atoms with Crippen molar-refractivity contribution in [2.45, 2.75) is 6.36 Å². The van der Waals surface area contributed by atoms with Crippen LogP contribution in [0.15, 0.2) is 46.9 Å². The molecular formula is C14H9BrF3NO2. The Bertz CT molecular complexity index is 669. The standard InChI is InChI=1S/C14H9BrF3NO2/c15-12-7-9(3-6-11(12)13(19)20)8-1-4-10(5-2-8)21-14(16,17)18/h1-7H,(H2,19,20). The summed E-state index contributed by atoms with van der Waals surface area (Å²) in [6.45, 7) is 0. The first-order valence-corrected chi connectivity index (χ1v) is 6.51.